The number of methoxy groups -OCH3 is 1. The standard InChI is InChI=1S/C21H14ClNO4/c1-26-14-8-5-12(6-9-14)21(25)23-13-7-10-15-18(11-13)27-20-16(19(15)24)3-2-4-17(20)22/h2-11H,1H3,(H,23,25). The number of halogens is 1. The summed E-state index contributed by atoms with van der Waals surface area (Å²) in [5.41, 5.74) is 1.52. The largest absolute Gasteiger partial charge is 0.497 e. The molecule has 0 radical (unpaired) electrons. The molecule has 0 bridgehead atoms. The second kappa shape index (κ2) is 6.78. The molecule has 0 saturated heterocycles. The van der Waals surface area contributed by atoms with Gasteiger partial charge < -0.3 is 14.5 Å². The molecular weight excluding hydrogens is 366 g/mol. The summed E-state index contributed by atoms with van der Waals surface area (Å²) < 4.78 is 10.9. The van der Waals surface area contributed by atoms with Crippen LogP contribution in [0.1, 0.15) is 10.4 Å². The maximum Gasteiger partial charge on any atom is 0.255 e. The van der Waals surface area contributed by atoms with Crippen LogP contribution >= 0.6 is 11.6 Å². The van der Waals surface area contributed by atoms with Crippen molar-refractivity contribution in [2.24, 2.45) is 0 Å². The van der Waals surface area contributed by atoms with E-state index in [9.17, 15) is 9.59 Å². The first kappa shape index (κ1) is 17.1. The summed E-state index contributed by atoms with van der Waals surface area (Å²) in [7, 11) is 1.56. The molecular formula is C21H14ClNO4. The number of anilines is 1. The van der Waals surface area contributed by atoms with E-state index in [1.54, 1.807) is 67.8 Å². The summed E-state index contributed by atoms with van der Waals surface area (Å²) >= 11 is 6.15. The SMILES string of the molecule is COc1ccc(C(=O)Nc2ccc3c(=O)c4cccc(Cl)c4oc3c2)cc1. The third-order valence-electron chi connectivity index (χ3n) is 4.26. The van der Waals surface area contributed by atoms with Crippen molar-refractivity contribution in [1.29, 1.82) is 0 Å². The molecule has 1 heterocycles. The van der Waals surface area contributed by atoms with Crippen LogP contribution in [0.5, 0.6) is 5.75 Å². The van der Waals surface area contributed by atoms with Gasteiger partial charge in [0.2, 0.25) is 5.43 Å². The average molecular weight is 380 g/mol. The van der Waals surface area contributed by atoms with Crippen molar-refractivity contribution in [3.05, 3.63) is 81.5 Å². The molecule has 0 fully saturated rings. The quantitative estimate of drug-likeness (QED) is 0.516. The third kappa shape index (κ3) is 3.13. The van der Waals surface area contributed by atoms with Gasteiger partial charge in [0.25, 0.3) is 5.91 Å². The minimum absolute atomic E-state index is 0.165. The molecule has 0 saturated carbocycles. The Kier molecular flexibility index (Phi) is 4.30. The van der Waals surface area contributed by atoms with Crippen molar-refractivity contribution >= 4 is 45.1 Å². The normalized spacial score (nSPS) is 10.9. The molecule has 1 N–H and O–H groups in total. The summed E-state index contributed by atoms with van der Waals surface area (Å²) in [6, 6.07) is 16.7. The summed E-state index contributed by atoms with van der Waals surface area (Å²) in [5, 5.41) is 4.00. The van der Waals surface area contributed by atoms with Gasteiger partial charge >= 0.3 is 0 Å². The predicted molar refractivity (Wildman–Crippen MR) is 106 cm³/mol. The number of rotatable bonds is 3. The number of carbonyl (C=O) groups is 1. The summed E-state index contributed by atoms with van der Waals surface area (Å²) in [6.07, 6.45) is 0. The highest BCUT2D eigenvalue weighted by Gasteiger charge is 2.12. The molecule has 0 unspecified atom stereocenters. The molecule has 0 atom stereocenters. The third-order valence-corrected chi connectivity index (χ3v) is 4.56. The van der Waals surface area contributed by atoms with Gasteiger partial charge in [-0.2, -0.15) is 0 Å². The fourth-order valence-corrected chi connectivity index (χ4v) is 3.08. The Bertz CT molecular complexity index is 1230. The lowest BCUT2D eigenvalue weighted by atomic mass is 10.1. The number of ether oxygens (including phenoxy) is 1. The number of benzene rings is 3. The Morgan fingerprint density at radius 1 is 1.04 bits per heavy atom. The Labute approximate surface area is 159 Å². The first-order valence-corrected chi connectivity index (χ1v) is 8.55. The maximum absolute atomic E-state index is 12.6. The Morgan fingerprint density at radius 2 is 1.81 bits per heavy atom. The molecule has 1 aromatic heterocycles. The van der Waals surface area contributed by atoms with Gasteiger partial charge in [0, 0.05) is 17.3 Å². The van der Waals surface area contributed by atoms with Crippen LogP contribution in [0.3, 0.4) is 0 Å². The van der Waals surface area contributed by atoms with Crippen LogP contribution in [0.15, 0.2) is 69.9 Å². The summed E-state index contributed by atoms with van der Waals surface area (Å²) in [5.74, 6) is 0.390. The van der Waals surface area contributed by atoms with Crippen LogP contribution in [0.2, 0.25) is 5.02 Å². The first-order chi connectivity index (χ1) is 13.1. The van der Waals surface area contributed by atoms with Crippen molar-refractivity contribution in [3.8, 4) is 5.75 Å². The molecule has 0 aliphatic carbocycles. The van der Waals surface area contributed by atoms with Gasteiger partial charge in [-0.1, -0.05) is 17.7 Å². The van der Waals surface area contributed by atoms with E-state index < -0.39 is 0 Å². The lowest BCUT2D eigenvalue weighted by Crippen LogP contribution is -2.12. The molecule has 27 heavy (non-hydrogen) atoms. The highest BCUT2D eigenvalue weighted by atomic mass is 35.5. The number of para-hydroxylation sites is 1. The molecule has 3 aromatic carbocycles. The Morgan fingerprint density at radius 3 is 2.56 bits per heavy atom. The van der Waals surface area contributed by atoms with Gasteiger partial charge in [-0.05, 0) is 48.5 Å². The second-order valence-corrected chi connectivity index (χ2v) is 6.35. The van der Waals surface area contributed by atoms with E-state index in [-0.39, 0.29) is 11.3 Å². The van der Waals surface area contributed by atoms with E-state index >= 15 is 0 Å². The van der Waals surface area contributed by atoms with Crippen molar-refractivity contribution < 1.29 is 13.9 Å². The number of nitrogens with one attached hydrogen (secondary N) is 1. The molecule has 1 amide bonds. The van der Waals surface area contributed by atoms with E-state index in [1.807, 2.05) is 0 Å². The number of hydrogen-bond acceptors (Lipinski definition) is 4. The van der Waals surface area contributed by atoms with Gasteiger partial charge in [-0.3, -0.25) is 9.59 Å². The average Bonchev–Trinajstić information content (AvgIpc) is 2.69. The van der Waals surface area contributed by atoms with Gasteiger partial charge in [-0.15, -0.1) is 0 Å². The highest BCUT2D eigenvalue weighted by molar-refractivity contribution is 6.34. The number of fused-ring (bicyclic) bond motifs is 2. The Balaban J connectivity index is 1.72. The minimum atomic E-state index is -0.279. The van der Waals surface area contributed by atoms with Crippen LogP contribution in [-0.2, 0) is 0 Å². The fourth-order valence-electron chi connectivity index (χ4n) is 2.86. The van der Waals surface area contributed by atoms with Crippen molar-refractivity contribution in [1.82, 2.24) is 0 Å². The molecule has 0 spiro atoms. The number of amides is 1. The monoisotopic (exact) mass is 379 g/mol. The van der Waals surface area contributed by atoms with Gasteiger partial charge in [0.1, 0.15) is 11.3 Å². The lowest BCUT2D eigenvalue weighted by Gasteiger charge is -2.08. The molecule has 4 aromatic rings. The molecule has 134 valence electrons. The number of hydrogen-bond donors (Lipinski definition) is 1. The van der Waals surface area contributed by atoms with Crippen molar-refractivity contribution in [2.75, 3.05) is 12.4 Å². The second-order valence-electron chi connectivity index (χ2n) is 5.94. The van der Waals surface area contributed by atoms with Crippen LogP contribution in [-0.4, -0.2) is 13.0 Å². The van der Waals surface area contributed by atoms with E-state index in [2.05, 4.69) is 5.32 Å². The zero-order chi connectivity index (χ0) is 19.0. The van der Waals surface area contributed by atoms with Crippen LogP contribution < -0.4 is 15.5 Å². The first-order valence-electron chi connectivity index (χ1n) is 8.17. The van der Waals surface area contributed by atoms with Crippen LogP contribution in [0.25, 0.3) is 21.9 Å². The molecule has 5 nitrogen and oxygen atoms in total. The lowest BCUT2D eigenvalue weighted by molar-refractivity contribution is 0.102. The maximum atomic E-state index is 12.6. The predicted octanol–water partition coefficient (Wildman–Crippen LogP) is 4.86. The van der Waals surface area contributed by atoms with Crippen LogP contribution in [0, 0.1) is 0 Å². The zero-order valence-electron chi connectivity index (χ0n) is 14.3. The van der Waals surface area contributed by atoms with Crippen molar-refractivity contribution in [2.45, 2.75) is 0 Å². The smallest absolute Gasteiger partial charge is 0.255 e. The van der Waals surface area contributed by atoms with Gasteiger partial charge in [0.05, 0.1) is 22.9 Å². The highest BCUT2D eigenvalue weighted by Crippen LogP contribution is 2.26. The summed E-state index contributed by atoms with van der Waals surface area (Å²) in [6.45, 7) is 0. The van der Waals surface area contributed by atoms with Gasteiger partial charge in [0.15, 0.2) is 5.58 Å². The van der Waals surface area contributed by atoms with E-state index in [0.717, 1.165) is 0 Å². The van der Waals surface area contributed by atoms with Crippen molar-refractivity contribution in [3.63, 3.8) is 0 Å². The fraction of sp³-hybridized carbons (Fsp3) is 0.0476. The van der Waals surface area contributed by atoms with Gasteiger partial charge in [-0.25, -0.2) is 0 Å². The van der Waals surface area contributed by atoms with E-state index in [1.165, 1.54) is 0 Å². The zero-order valence-corrected chi connectivity index (χ0v) is 15.0. The van der Waals surface area contributed by atoms with E-state index in [4.69, 9.17) is 20.8 Å². The minimum Gasteiger partial charge on any atom is -0.497 e. The van der Waals surface area contributed by atoms with Crippen LogP contribution in [0.4, 0.5) is 5.69 Å². The number of carbonyl (C=O) groups excluding carboxylic acids is 1. The van der Waals surface area contributed by atoms with E-state index in [0.29, 0.717) is 44.0 Å². The topological polar surface area (TPSA) is 68.5 Å². The molecule has 6 heteroatoms. The summed E-state index contributed by atoms with van der Waals surface area (Å²) in [4.78, 5) is 25.1. The molecule has 4 rings (SSSR count). The molecule has 0 aliphatic rings. The molecule has 0 aliphatic heterocycles. The Hall–Kier alpha value is -3.31.